The molecule has 4 rings (SSSR count). The maximum absolute atomic E-state index is 11.2. The number of aliphatic hydroxyl groups is 1. The number of halogens is 2. The Bertz CT molecular complexity index is 1170. The van der Waals surface area contributed by atoms with Crippen LogP contribution in [0, 0.1) is 0 Å². The van der Waals surface area contributed by atoms with Crippen LogP contribution in [0.1, 0.15) is 11.1 Å². The van der Waals surface area contributed by atoms with Crippen molar-refractivity contribution in [3.05, 3.63) is 77.2 Å². The molecule has 3 heterocycles. The fourth-order valence-electron chi connectivity index (χ4n) is 3.32. The number of nitrogens with zero attached hydrogens (tertiary/aromatic N) is 3. The number of fused-ring (bicyclic) bond motifs is 1. The minimum atomic E-state index is -1.33. The summed E-state index contributed by atoms with van der Waals surface area (Å²) in [6.45, 7) is 0.0373. The minimum absolute atomic E-state index is 0.0373. The molecule has 0 aliphatic rings. The van der Waals surface area contributed by atoms with E-state index in [4.69, 9.17) is 17.3 Å². The van der Waals surface area contributed by atoms with Gasteiger partial charge < -0.3 is 0 Å². The third-order valence-electron chi connectivity index (χ3n) is 4.86. The first-order valence-electron chi connectivity index (χ1n) is 8.64. The topological polar surface area (TPSA) is 77.0 Å². The van der Waals surface area contributed by atoms with Gasteiger partial charge >= 0.3 is 196 Å². The van der Waals surface area contributed by atoms with Crippen molar-refractivity contribution in [3.8, 4) is 11.3 Å². The number of hydrogen-bond donors (Lipinski definition) is 2. The second-order valence-electron chi connectivity index (χ2n) is 6.50. The molecule has 1 atom stereocenters. The first-order valence-corrected chi connectivity index (χ1v) is 14.3. The Labute approximate surface area is 205 Å². The molecule has 3 aromatic heterocycles. The predicted molar refractivity (Wildman–Crippen MR) is 129 cm³/mol. The van der Waals surface area contributed by atoms with E-state index in [0.717, 1.165) is 48.1 Å². The van der Waals surface area contributed by atoms with E-state index in [1.165, 1.54) is 3.12 Å². The molecule has 4 aromatic rings. The van der Waals surface area contributed by atoms with Gasteiger partial charge in [-0.05, 0) is 0 Å². The van der Waals surface area contributed by atoms with Crippen molar-refractivity contribution >= 4 is 81.8 Å². The molecule has 0 saturated carbocycles. The van der Waals surface area contributed by atoms with Crippen molar-refractivity contribution in [2.45, 2.75) is 5.60 Å². The molecule has 29 heavy (non-hydrogen) atoms. The standard InChI is InChI=1S/C20H15ClIN4OS.Pb/c21-15-4-1-13(2-5-15)20(27,12-23)14-3-6-18(25-11-14)16-7-9-24-19-17(16)8-10-26(19)28-22;/h1-7,9-11,27H,12,23H2;. The third kappa shape index (κ3) is 3.97. The molecule has 1 unspecified atom stereocenters. The number of pyridine rings is 2. The quantitative estimate of drug-likeness (QED) is 0.243. The van der Waals surface area contributed by atoms with Gasteiger partial charge in [0.15, 0.2) is 0 Å². The van der Waals surface area contributed by atoms with Crippen LogP contribution in [0.25, 0.3) is 22.3 Å². The third-order valence-corrected chi connectivity index (χ3v) is 8.29. The van der Waals surface area contributed by atoms with E-state index in [1.54, 1.807) is 39.6 Å². The number of aromatic nitrogens is 3. The van der Waals surface area contributed by atoms with Gasteiger partial charge in [0.2, 0.25) is 0 Å². The van der Waals surface area contributed by atoms with Crippen molar-refractivity contribution in [1.29, 1.82) is 0 Å². The summed E-state index contributed by atoms with van der Waals surface area (Å²) in [4.78, 5) is 9.20. The molecular formula is C20H15ClIN4OPbS. The van der Waals surface area contributed by atoms with Crippen LogP contribution in [0.15, 0.2) is 61.1 Å². The molecule has 1 aromatic carbocycles. The van der Waals surface area contributed by atoms with Crippen LogP contribution in [0.5, 0.6) is 0 Å². The number of hydrogen-bond acceptors (Lipinski definition) is 5. The van der Waals surface area contributed by atoms with Crippen LogP contribution in [0.4, 0.5) is 0 Å². The number of nitrogens with two attached hydrogens (primary N) is 1. The molecule has 5 nitrogen and oxygen atoms in total. The molecular weight excluding hydrogens is 714 g/mol. The van der Waals surface area contributed by atoms with Crippen LogP contribution in [0.2, 0.25) is 5.02 Å². The van der Waals surface area contributed by atoms with Crippen LogP contribution in [0.3, 0.4) is 0 Å². The Morgan fingerprint density at radius 1 is 1.14 bits per heavy atom. The molecule has 0 bridgehead atoms. The molecule has 0 aliphatic heterocycles. The molecule has 0 saturated heterocycles. The van der Waals surface area contributed by atoms with E-state index in [9.17, 15) is 5.11 Å². The van der Waals surface area contributed by atoms with Crippen LogP contribution in [-0.4, -0.2) is 51.4 Å². The molecule has 0 fully saturated rings. The van der Waals surface area contributed by atoms with Gasteiger partial charge in [0.1, 0.15) is 0 Å². The summed E-state index contributed by atoms with van der Waals surface area (Å²) >= 11 is 9.15. The fraction of sp³-hybridized carbons (Fsp3) is 0.100. The zero-order chi connectivity index (χ0) is 20.6. The van der Waals surface area contributed by atoms with E-state index < -0.39 is 5.60 Å². The van der Waals surface area contributed by atoms with Crippen LogP contribution in [-0.2, 0) is 5.60 Å². The second-order valence-corrected chi connectivity index (χ2v) is 10.7. The van der Waals surface area contributed by atoms with E-state index in [2.05, 4.69) is 41.3 Å². The zero-order valence-corrected chi connectivity index (χ0v) is 22.6. The Kier molecular flexibility index (Phi) is 6.52. The maximum atomic E-state index is 11.2. The molecule has 3 radical (unpaired) electrons. The van der Waals surface area contributed by atoms with E-state index in [-0.39, 0.29) is 6.54 Å². The van der Waals surface area contributed by atoms with Crippen molar-refractivity contribution in [2.24, 2.45) is 5.73 Å². The van der Waals surface area contributed by atoms with Gasteiger partial charge in [0.05, 0.1) is 0 Å². The van der Waals surface area contributed by atoms with Crippen molar-refractivity contribution in [1.82, 2.24) is 13.9 Å². The Morgan fingerprint density at radius 3 is 2.48 bits per heavy atom. The fourth-order valence-corrected chi connectivity index (χ4v) is 6.52. The van der Waals surface area contributed by atoms with Gasteiger partial charge in [0.25, 0.3) is 0 Å². The summed E-state index contributed by atoms with van der Waals surface area (Å²) in [5.41, 5.74) is 8.77. The van der Waals surface area contributed by atoms with E-state index in [0.29, 0.717) is 16.1 Å². The molecule has 9 heteroatoms. The van der Waals surface area contributed by atoms with Crippen molar-refractivity contribution in [2.75, 3.05) is 6.54 Å². The van der Waals surface area contributed by atoms with Gasteiger partial charge in [-0.3, -0.25) is 0 Å². The monoisotopic (exact) mass is 729 g/mol. The first-order chi connectivity index (χ1) is 14.0. The predicted octanol–water partition coefficient (Wildman–Crippen LogP) is 3.59. The number of benzene rings is 1. The number of rotatable bonds is 5. The normalized spacial score (nSPS) is 13.6. The Hall–Kier alpha value is -0.728. The average Bonchev–Trinajstić information content (AvgIpc) is 3.10. The van der Waals surface area contributed by atoms with Crippen LogP contribution >= 0.6 is 41.9 Å². The summed E-state index contributed by atoms with van der Waals surface area (Å²) in [6, 6.07) is 12.9. The van der Waals surface area contributed by atoms with E-state index in [1.807, 2.05) is 24.4 Å². The molecule has 145 valence electrons. The summed E-state index contributed by atoms with van der Waals surface area (Å²) in [7, 11) is 1.60. The van der Waals surface area contributed by atoms with Gasteiger partial charge in [-0.25, -0.2) is 0 Å². The van der Waals surface area contributed by atoms with Crippen LogP contribution < -0.4 is 8.86 Å². The van der Waals surface area contributed by atoms with Crippen molar-refractivity contribution < 1.29 is 5.11 Å². The average molecular weight is 729 g/mol. The van der Waals surface area contributed by atoms with Gasteiger partial charge in [0, 0.05) is 0 Å². The second kappa shape index (κ2) is 8.79. The summed E-state index contributed by atoms with van der Waals surface area (Å²) in [5, 5.41) is 13.0. The van der Waals surface area contributed by atoms with Gasteiger partial charge in [-0.2, -0.15) is 0 Å². The SMILES string of the molecule is NCC(O)(c1ccc(Cl)cc1)c1ccc(-c2ccnc3c2[c]([Pb])cn3SI)nc1. The van der Waals surface area contributed by atoms with E-state index >= 15 is 0 Å². The Morgan fingerprint density at radius 2 is 1.86 bits per heavy atom. The summed E-state index contributed by atoms with van der Waals surface area (Å²) in [6.07, 6.45) is 5.63. The summed E-state index contributed by atoms with van der Waals surface area (Å²) < 4.78 is 3.35. The molecule has 0 amide bonds. The first kappa shape index (κ1) is 21.5. The van der Waals surface area contributed by atoms with Crippen molar-refractivity contribution in [3.63, 3.8) is 0 Å². The van der Waals surface area contributed by atoms with Gasteiger partial charge in [-0.1, -0.05) is 11.6 Å². The molecule has 0 aliphatic carbocycles. The molecule has 0 spiro atoms. The summed E-state index contributed by atoms with van der Waals surface area (Å²) in [5.74, 6) is 0. The molecule has 3 N–H and O–H groups in total. The zero-order valence-electron chi connectivity index (χ0n) is 15.0. The Balaban J connectivity index is 1.78. The van der Waals surface area contributed by atoms with Gasteiger partial charge in [-0.15, -0.1) is 0 Å².